The van der Waals surface area contributed by atoms with Gasteiger partial charge in [0.05, 0.1) is 5.52 Å². The molecule has 1 aliphatic rings. The van der Waals surface area contributed by atoms with Crippen molar-refractivity contribution < 1.29 is 4.79 Å². The van der Waals surface area contributed by atoms with Crippen LogP contribution in [0, 0.1) is 0 Å². The fourth-order valence-electron chi connectivity index (χ4n) is 3.96. The number of hydrogen-bond acceptors (Lipinski definition) is 2. The van der Waals surface area contributed by atoms with Crippen LogP contribution in [0.4, 0.5) is 0 Å². The Hall–Kier alpha value is -3.63. The summed E-state index contributed by atoms with van der Waals surface area (Å²) in [5.41, 5.74) is 4.92. The molecule has 152 valence electrons. The minimum Gasteiger partial charge on any atom is -0.348 e. The third-order valence-electron chi connectivity index (χ3n) is 5.55. The van der Waals surface area contributed by atoms with Crippen molar-refractivity contribution >= 4 is 34.5 Å². The summed E-state index contributed by atoms with van der Waals surface area (Å²) < 4.78 is 1.94. The van der Waals surface area contributed by atoms with E-state index in [4.69, 9.17) is 11.6 Å². The average Bonchev–Trinajstić information content (AvgIpc) is 3.27. The van der Waals surface area contributed by atoms with Crippen LogP contribution in [0.15, 0.2) is 83.8 Å². The maximum atomic E-state index is 13.1. The standard InChI is InChI=1S/C26H19ClN2O2/c27-21-11-12-23-24(14-21)29(22-7-2-1-3-8-22)16-20(25(23)30)15-28-26(31)19-10-9-17-5-4-6-18(17)13-19/h1-5,7-14,16H,6,15H2,(H,28,31). The predicted octanol–water partition coefficient (Wildman–Crippen LogP) is 5.14. The lowest BCUT2D eigenvalue weighted by Gasteiger charge is -2.14. The Bertz CT molecular complexity index is 1400. The molecular formula is C26H19ClN2O2. The zero-order valence-corrected chi connectivity index (χ0v) is 17.4. The van der Waals surface area contributed by atoms with Crippen molar-refractivity contribution in [2.45, 2.75) is 13.0 Å². The minimum absolute atomic E-state index is 0.114. The van der Waals surface area contributed by atoms with Crippen molar-refractivity contribution in [2.75, 3.05) is 0 Å². The number of carbonyl (C=O) groups excluding carboxylic acids is 1. The summed E-state index contributed by atoms with van der Waals surface area (Å²) in [6.45, 7) is 0.137. The molecule has 0 aliphatic heterocycles. The second kappa shape index (κ2) is 7.89. The van der Waals surface area contributed by atoms with E-state index in [9.17, 15) is 9.59 Å². The molecule has 4 aromatic rings. The number of carbonyl (C=O) groups is 1. The summed E-state index contributed by atoms with van der Waals surface area (Å²) in [7, 11) is 0. The molecule has 1 aromatic heterocycles. The molecule has 0 saturated heterocycles. The van der Waals surface area contributed by atoms with Gasteiger partial charge in [-0.2, -0.15) is 0 Å². The van der Waals surface area contributed by atoms with Gasteiger partial charge in [-0.15, -0.1) is 0 Å². The monoisotopic (exact) mass is 426 g/mol. The van der Waals surface area contributed by atoms with E-state index in [2.05, 4.69) is 17.5 Å². The van der Waals surface area contributed by atoms with E-state index >= 15 is 0 Å². The lowest BCUT2D eigenvalue weighted by Crippen LogP contribution is -2.27. The number of amides is 1. The molecule has 0 fully saturated rings. The number of allylic oxidation sites excluding steroid dienone is 1. The van der Waals surface area contributed by atoms with Gasteiger partial charge < -0.3 is 9.88 Å². The van der Waals surface area contributed by atoms with E-state index < -0.39 is 0 Å². The van der Waals surface area contributed by atoms with Crippen LogP contribution >= 0.6 is 11.6 Å². The summed E-state index contributed by atoms with van der Waals surface area (Å²) >= 11 is 6.20. The van der Waals surface area contributed by atoms with Crippen molar-refractivity contribution in [3.05, 3.63) is 117 Å². The maximum Gasteiger partial charge on any atom is 0.251 e. The van der Waals surface area contributed by atoms with Gasteiger partial charge in [0.25, 0.3) is 5.91 Å². The first-order valence-electron chi connectivity index (χ1n) is 10.1. The Morgan fingerprint density at radius 3 is 2.71 bits per heavy atom. The molecule has 3 aromatic carbocycles. The second-order valence-electron chi connectivity index (χ2n) is 7.55. The van der Waals surface area contributed by atoms with Crippen molar-refractivity contribution in [1.82, 2.24) is 9.88 Å². The lowest BCUT2D eigenvalue weighted by atomic mass is 10.1. The first-order valence-corrected chi connectivity index (χ1v) is 10.4. The van der Waals surface area contributed by atoms with Crippen LogP contribution in [0.5, 0.6) is 0 Å². The topological polar surface area (TPSA) is 51.1 Å². The number of aromatic nitrogens is 1. The molecular weight excluding hydrogens is 408 g/mol. The lowest BCUT2D eigenvalue weighted by molar-refractivity contribution is 0.0950. The van der Waals surface area contributed by atoms with Gasteiger partial charge in [0.15, 0.2) is 5.43 Å². The molecule has 0 atom stereocenters. The molecule has 0 saturated carbocycles. The molecule has 0 spiro atoms. The van der Waals surface area contributed by atoms with Crippen molar-refractivity contribution in [3.8, 4) is 5.69 Å². The number of nitrogens with one attached hydrogen (secondary N) is 1. The van der Waals surface area contributed by atoms with Crippen molar-refractivity contribution in [3.63, 3.8) is 0 Å². The highest BCUT2D eigenvalue weighted by molar-refractivity contribution is 6.31. The van der Waals surface area contributed by atoms with E-state index in [1.54, 1.807) is 24.4 Å². The number of halogens is 1. The minimum atomic E-state index is -0.198. The van der Waals surface area contributed by atoms with Crippen LogP contribution in [0.2, 0.25) is 5.02 Å². The number of para-hydroxylation sites is 1. The molecule has 0 bridgehead atoms. The van der Waals surface area contributed by atoms with E-state index in [1.807, 2.05) is 53.1 Å². The van der Waals surface area contributed by atoms with Gasteiger partial charge >= 0.3 is 0 Å². The Morgan fingerprint density at radius 1 is 1.03 bits per heavy atom. The fraction of sp³-hybridized carbons (Fsp3) is 0.0769. The third-order valence-corrected chi connectivity index (χ3v) is 5.79. The Kier molecular flexibility index (Phi) is 4.92. The average molecular weight is 427 g/mol. The summed E-state index contributed by atoms with van der Waals surface area (Å²) in [5.74, 6) is -0.198. The Balaban J connectivity index is 1.50. The summed E-state index contributed by atoms with van der Waals surface area (Å²) in [5, 5.41) is 4.02. The van der Waals surface area contributed by atoms with Gasteiger partial charge in [0, 0.05) is 40.0 Å². The SMILES string of the molecule is O=C(NCc1cn(-c2ccccc2)c2cc(Cl)ccc2c1=O)c1ccc2c(c1)CC=C2. The van der Waals surface area contributed by atoms with Gasteiger partial charge in [-0.25, -0.2) is 0 Å². The highest BCUT2D eigenvalue weighted by atomic mass is 35.5. The van der Waals surface area contributed by atoms with E-state index in [0.29, 0.717) is 21.5 Å². The van der Waals surface area contributed by atoms with Crippen LogP contribution in [0.1, 0.15) is 27.0 Å². The Labute approximate surface area is 184 Å². The third kappa shape index (κ3) is 3.66. The molecule has 1 N–H and O–H groups in total. The molecule has 0 unspecified atom stereocenters. The highest BCUT2D eigenvalue weighted by Crippen LogP contribution is 2.22. The van der Waals surface area contributed by atoms with Crippen LogP contribution < -0.4 is 10.7 Å². The molecule has 1 heterocycles. The molecule has 31 heavy (non-hydrogen) atoms. The van der Waals surface area contributed by atoms with Crippen LogP contribution in [0.3, 0.4) is 0 Å². The molecule has 0 radical (unpaired) electrons. The van der Waals surface area contributed by atoms with E-state index in [1.165, 1.54) is 0 Å². The summed E-state index contributed by atoms with van der Waals surface area (Å²) in [4.78, 5) is 25.8. The summed E-state index contributed by atoms with van der Waals surface area (Å²) in [6.07, 6.45) is 6.76. The molecule has 5 heteroatoms. The van der Waals surface area contributed by atoms with Gasteiger partial charge in [0.2, 0.25) is 0 Å². The number of nitrogens with zero attached hydrogens (tertiary/aromatic N) is 1. The second-order valence-corrected chi connectivity index (χ2v) is 7.99. The Morgan fingerprint density at radius 2 is 1.87 bits per heavy atom. The van der Waals surface area contributed by atoms with Crippen LogP contribution in [0.25, 0.3) is 22.7 Å². The normalized spacial score (nSPS) is 12.2. The predicted molar refractivity (Wildman–Crippen MR) is 125 cm³/mol. The highest BCUT2D eigenvalue weighted by Gasteiger charge is 2.14. The largest absolute Gasteiger partial charge is 0.348 e. The van der Waals surface area contributed by atoms with Gasteiger partial charge in [-0.3, -0.25) is 9.59 Å². The number of fused-ring (bicyclic) bond motifs is 2. The number of benzene rings is 3. The maximum absolute atomic E-state index is 13.1. The van der Waals surface area contributed by atoms with Gasteiger partial charge in [-0.05, 0) is 60.0 Å². The van der Waals surface area contributed by atoms with Crippen molar-refractivity contribution in [1.29, 1.82) is 0 Å². The number of pyridine rings is 1. The smallest absolute Gasteiger partial charge is 0.251 e. The fourth-order valence-corrected chi connectivity index (χ4v) is 4.12. The first-order chi connectivity index (χ1) is 15.1. The van der Waals surface area contributed by atoms with E-state index in [0.717, 1.165) is 28.8 Å². The molecule has 5 rings (SSSR count). The number of hydrogen-bond donors (Lipinski definition) is 1. The number of rotatable bonds is 4. The van der Waals surface area contributed by atoms with Gasteiger partial charge in [0.1, 0.15) is 0 Å². The van der Waals surface area contributed by atoms with E-state index in [-0.39, 0.29) is 17.9 Å². The van der Waals surface area contributed by atoms with Gasteiger partial charge in [-0.1, -0.05) is 48.0 Å². The van der Waals surface area contributed by atoms with Crippen molar-refractivity contribution in [2.24, 2.45) is 0 Å². The molecule has 1 amide bonds. The first kappa shape index (κ1) is 19.3. The molecule has 4 nitrogen and oxygen atoms in total. The van der Waals surface area contributed by atoms with Crippen LogP contribution in [-0.2, 0) is 13.0 Å². The summed E-state index contributed by atoms with van der Waals surface area (Å²) in [6, 6.07) is 20.7. The zero-order valence-electron chi connectivity index (χ0n) is 16.6. The van der Waals surface area contributed by atoms with Crippen LogP contribution in [-0.4, -0.2) is 10.5 Å². The zero-order chi connectivity index (χ0) is 21.4. The molecule has 1 aliphatic carbocycles. The quantitative estimate of drug-likeness (QED) is 0.491.